The van der Waals surface area contributed by atoms with Crippen LogP contribution in [0.1, 0.15) is 31.9 Å². The van der Waals surface area contributed by atoms with Gasteiger partial charge in [0.2, 0.25) is 5.91 Å². The molecule has 0 spiro atoms. The molecule has 1 rings (SSSR count). The van der Waals surface area contributed by atoms with Crippen molar-refractivity contribution in [3.05, 3.63) is 33.8 Å². The summed E-state index contributed by atoms with van der Waals surface area (Å²) < 4.78 is 5.29. The normalized spacial score (nSPS) is 12.0. The lowest BCUT2D eigenvalue weighted by Crippen LogP contribution is -2.28. The van der Waals surface area contributed by atoms with E-state index in [1.807, 2.05) is 19.9 Å². The fourth-order valence-electron chi connectivity index (χ4n) is 1.50. The maximum absolute atomic E-state index is 11.7. The standard InChI is InChI=1S/C14H16Cl2N2O2/c1-9(2)20-6-5-14(19)18-13(8-17)10-3-4-11(15)12(16)7-10/h3-4,7,9,13H,5-6H2,1-2H3,(H,18,19)/t13-/m0/s1. The van der Waals surface area contributed by atoms with Crippen LogP contribution in [-0.4, -0.2) is 18.6 Å². The molecule has 1 aromatic rings. The monoisotopic (exact) mass is 314 g/mol. The zero-order valence-electron chi connectivity index (χ0n) is 11.3. The quantitative estimate of drug-likeness (QED) is 0.874. The molecule has 0 saturated heterocycles. The zero-order chi connectivity index (χ0) is 15.1. The van der Waals surface area contributed by atoms with E-state index in [4.69, 9.17) is 33.2 Å². The van der Waals surface area contributed by atoms with Gasteiger partial charge >= 0.3 is 0 Å². The number of hydrogen-bond acceptors (Lipinski definition) is 3. The lowest BCUT2D eigenvalue weighted by molar-refractivity contribution is -0.122. The van der Waals surface area contributed by atoms with Crippen molar-refractivity contribution in [2.75, 3.05) is 6.61 Å². The molecule has 1 atom stereocenters. The number of halogens is 2. The minimum absolute atomic E-state index is 0.0737. The van der Waals surface area contributed by atoms with E-state index >= 15 is 0 Å². The third-order valence-corrected chi connectivity index (χ3v) is 3.23. The number of benzene rings is 1. The number of nitriles is 1. The molecule has 0 aliphatic carbocycles. The molecule has 1 N–H and O–H groups in total. The predicted octanol–water partition coefficient (Wildman–Crippen LogP) is 3.49. The van der Waals surface area contributed by atoms with Gasteiger partial charge in [-0.1, -0.05) is 29.3 Å². The van der Waals surface area contributed by atoms with E-state index in [1.54, 1.807) is 18.2 Å². The van der Waals surface area contributed by atoms with Crippen molar-refractivity contribution in [2.24, 2.45) is 0 Å². The molecule has 0 unspecified atom stereocenters. The van der Waals surface area contributed by atoms with E-state index in [9.17, 15) is 4.79 Å². The highest BCUT2D eigenvalue weighted by molar-refractivity contribution is 6.42. The minimum Gasteiger partial charge on any atom is -0.378 e. The highest BCUT2D eigenvalue weighted by Crippen LogP contribution is 2.25. The number of amides is 1. The van der Waals surface area contributed by atoms with Crippen LogP contribution in [0, 0.1) is 11.3 Å². The zero-order valence-corrected chi connectivity index (χ0v) is 12.8. The Bertz CT molecular complexity index is 512. The van der Waals surface area contributed by atoms with E-state index in [0.29, 0.717) is 22.2 Å². The Hall–Kier alpha value is -1.28. The van der Waals surface area contributed by atoms with E-state index in [0.717, 1.165) is 0 Å². The molecule has 6 heteroatoms. The highest BCUT2D eigenvalue weighted by Gasteiger charge is 2.15. The average Bonchev–Trinajstić information content (AvgIpc) is 2.39. The molecule has 1 amide bonds. The fourth-order valence-corrected chi connectivity index (χ4v) is 1.81. The van der Waals surface area contributed by atoms with Gasteiger partial charge in [0.1, 0.15) is 6.04 Å². The maximum atomic E-state index is 11.7. The highest BCUT2D eigenvalue weighted by atomic mass is 35.5. The number of hydrogen-bond donors (Lipinski definition) is 1. The largest absolute Gasteiger partial charge is 0.378 e. The Balaban J connectivity index is 2.61. The SMILES string of the molecule is CC(C)OCCC(=O)N[C@@H](C#N)c1ccc(Cl)c(Cl)c1. The van der Waals surface area contributed by atoms with Gasteiger partial charge in [0, 0.05) is 0 Å². The van der Waals surface area contributed by atoms with E-state index in [1.165, 1.54) is 0 Å². The van der Waals surface area contributed by atoms with Gasteiger partial charge in [-0.15, -0.1) is 0 Å². The van der Waals surface area contributed by atoms with Crippen LogP contribution in [0.2, 0.25) is 10.0 Å². The second-order valence-corrected chi connectivity index (χ2v) is 5.29. The summed E-state index contributed by atoms with van der Waals surface area (Å²) in [7, 11) is 0. The summed E-state index contributed by atoms with van der Waals surface area (Å²) in [4.78, 5) is 11.7. The summed E-state index contributed by atoms with van der Waals surface area (Å²) >= 11 is 11.7. The molecule has 0 aromatic heterocycles. The predicted molar refractivity (Wildman–Crippen MR) is 78.7 cm³/mol. The molecule has 108 valence electrons. The fraction of sp³-hybridized carbons (Fsp3) is 0.429. The molecule has 1 aromatic carbocycles. The summed E-state index contributed by atoms with van der Waals surface area (Å²) in [5.74, 6) is -0.247. The third-order valence-electron chi connectivity index (χ3n) is 2.49. The van der Waals surface area contributed by atoms with Crippen LogP contribution < -0.4 is 5.32 Å². The van der Waals surface area contributed by atoms with Gasteiger partial charge in [0.15, 0.2) is 0 Å². The van der Waals surface area contributed by atoms with Gasteiger partial charge in [-0.25, -0.2) is 0 Å². The van der Waals surface area contributed by atoms with Crippen LogP contribution in [0.3, 0.4) is 0 Å². The van der Waals surface area contributed by atoms with Gasteiger partial charge in [-0.2, -0.15) is 5.26 Å². The Morgan fingerprint density at radius 3 is 2.65 bits per heavy atom. The molecule has 0 radical (unpaired) electrons. The van der Waals surface area contributed by atoms with Crippen molar-refractivity contribution < 1.29 is 9.53 Å². The molecule has 0 fully saturated rings. The van der Waals surface area contributed by atoms with Crippen LogP contribution >= 0.6 is 23.2 Å². The summed E-state index contributed by atoms with van der Waals surface area (Å²) in [6, 6.07) is 6.09. The van der Waals surface area contributed by atoms with Crippen molar-refractivity contribution >= 4 is 29.1 Å². The number of carbonyl (C=O) groups is 1. The van der Waals surface area contributed by atoms with Crippen LogP contribution in [0.5, 0.6) is 0 Å². The number of nitrogens with zero attached hydrogens (tertiary/aromatic N) is 1. The molecule has 0 aliphatic heterocycles. The van der Waals surface area contributed by atoms with Crippen molar-refractivity contribution in [3.8, 4) is 6.07 Å². The molecular weight excluding hydrogens is 299 g/mol. The van der Waals surface area contributed by atoms with Gasteiger partial charge < -0.3 is 10.1 Å². The first-order valence-electron chi connectivity index (χ1n) is 6.19. The number of rotatable bonds is 6. The first-order valence-corrected chi connectivity index (χ1v) is 6.95. The minimum atomic E-state index is -0.753. The summed E-state index contributed by atoms with van der Waals surface area (Å²) in [6.45, 7) is 4.11. The molecule has 0 aliphatic rings. The Labute approximate surface area is 128 Å². The van der Waals surface area contributed by atoms with Crippen LogP contribution in [0.15, 0.2) is 18.2 Å². The molecule has 0 bridgehead atoms. The maximum Gasteiger partial charge on any atom is 0.223 e. The van der Waals surface area contributed by atoms with Crippen molar-refractivity contribution in [2.45, 2.75) is 32.4 Å². The smallest absolute Gasteiger partial charge is 0.223 e. The molecule has 0 heterocycles. The van der Waals surface area contributed by atoms with E-state index < -0.39 is 6.04 Å². The number of carbonyl (C=O) groups excluding carboxylic acids is 1. The van der Waals surface area contributed by atoms with Crippen LogP contribution in [0.4, 0.5) is 0 Å². The third kappa shape index (κ3) is 5.38. The Morgan fingerprint density at radius 1 is 1.40 bits per heavy atom. The lowest BCUT2D eigenvalue weighted by atomic mass is 10.1. The van der Waals surface area contributed by atoms with E-state index in [2.05, 4.69) is 5.32 Å². The van der Waals surface area contributed by atoms with Gasteiger partial charge in [0.25, 0.3) is 0 Å². The number of ether oxygens (including phenoxy) is 1. The Kier molecular flexibility index (Phi) is 6.80. The second-order valence-electron chi connectivity index (χ2n) is 4.47. The van der Waals surface area contributed by atoms with E-state index in [-0.39, 0.29) is 18.4 Å². The Morgan fingerprint density at radius 2 is 2.10 bits per heavy atom. The summed E-state index contributed by atoms with van der Waals surface area (Å²) in [5.41, 5.74) is 0.597. The number of nitrogens with one attached hydrogen (secondary N) is 1. The average molecular weight is 315 g/mol. The second kappa shape index (κ2) is 8.11. The van der Waals surface area contributed by atoms with Gasteiger partial charge in [-0.3, -0.25) is 4.79 Å². The first-order chi connectivity index (χ1) is 9.43. The molecule has 4 nitrogen and oxygen atoms in total. The molecule has 0 saturated carbocycles. The molecular formula is C14H16Cl2N2O2. The van der Waals surface area contributed by atoms with Crippen LogP contribution in [-0.2, 0) is 9.53 Å². The van der Waals surface area contributed by atoms with Gasteiger partial charge in [-0.05, 0) is 31.5 Å². The van der Waals surface area contributed by atoms with Gasteiger partial charge in [0.05, 0.1) is 35.2 Å². The van der Waals surface area contributed by atoms with Crippen molar-refractivity contribution in [3.63, 3.8) is 0 Å². The van der Waals surface area contributed by atoms with Crippen molar-refractivity contribution in [1.29, 1.82) is 5.26 Å². The summed E-state index contributed by atoms with van der Waals surface area (Å²) in [6.07, 6.45) is 0.280. The topological polar surface area (TPSA) is 62.1 Å². The lowest BCUT2D eigenvalue weighted by Gasteiger charge is -2.13. The van der Waals surface area contributed by atoms with Crippen molar-refractivity contribution in [1.82, 2.24) is 5.32 Å². The van der Waals surface area contributed by atoms with Crippen LogP contribution in [0.25, 0.3) is 0 Å². The summed E-state index contributed by atoms with van der Waals surface area (Å²) in [5, 5.41) is 12.5. The molecule has 20 heavy (non-hydrogen) atoms. The first kappa shape index (κ1) is 16.8.